The van der Waals surface area contributed by atoms with Crippen LogP contribution in [0.1, 0.15) is 59.8 Å². The Labute approximate surface area is 123 Å². The number of hydrogen-bond donors (Lipinski definition) is 1. The number of piperidine rings is 1. The van der Waals surface area contributed by atoms with Crippen molar-refractivity contribution in [2.75, 3.05) is 13.1 Å². The lowest BCUT2D eigenvalue weighted by Gasteiger charge is -2.40. The molecule has 3 aliphatic rings. The molecule has 0 radical (unpaired) electrons. The maximum Gasteiger partial charge on any atom is 0.227 e. The van der Waals surface area contributed by atoms with Gasteiger partial charge in [-0.05, 0) is 49.5 Å². The van der Waals surface area contributed by atoms with Crippen LogP contribution < -0.4 is 5.32 Å². The highest BCUT2D eigenvalue weighted by Crippen LogP contribution is 2.69. The Morgan fingerprint density at radius 1 is 1.05 bits per heavy atom. The van der Waals surface area contributed by atoms with E-state index in [0.29, 0.717) is 18.0 Å². The molecule has 1 aliphatic carbocycles. The molecule has 2 atom stereocenters. The lowest BCUT2D eigenvalue weighted by molar-refractivity contribution is -0.138. The lowest BCUT2D eigenvalue weighted by atomic mass is 9.93. The first-order chi connectivity index (χ1) is 9.37. The molecule has 20 heavy (non-hydrogen) atoms. The van der Waals surface area contributed by atoms with E-state index >= 15 is 0 Å². The topological polar surface area (TPSA) is 32.3 Å². The molecule has 0 aromatic heterocycles. The first-order valence-electron chi connectivity index (χ1n) is 8.41. The van der Waals surface area contributed by atoms with Gasteiger partial charge >= 0.3 is 0 Å². The van der Waals surface area contributed by atoms with E-state index in [1.807, 2.05) is 0 Å². The number of hydrogen-bond acceptors (Lipinski definition) is 2. The van der Waals surface area contributed by atoms with Gasteiger partial charge in [-0.2, -0.15) is 0 Å². The molecule has 0 spiro atoms. The normalized spacial score (nSPS) is 36.1. The number of amides is 1. The number of likely N-dealkylation sites (tertiary alicyclic amines) is 1. The van der Waals surface area contributed by atoms with Crippen molar-refractivity contribution in [3.63, 3.8) is 0 Å². The van der Waals surface area contributed by atoms with Gasteiger partial charge in [-0.25, -0.2) is 0 Å². The third-order valence-electron chi connectivity index (χ3n) is 6.66. The molecule has 3 rings (SSSR count). The molecule has 0 aromatic carbocycles. The van der Waals surface area contributed by atoms with E-state index in [4.69, 9.17) is 0 Å². The quantitative estimate of drug-likeness (QED) is 0.842. The minimum absolute atomic E-state index is 0.162. The van der Waals surface area contributed by atoms with Crippen LogP contribution in [-0.4, -0.2) is 36.0 Å². The molecule has 2 saturated heterocycles. The van der Waals surface area contributed by atoms with Gasteiger partial charge in [0.05, 0.1) is 0 Å². The molecule has 2 unspecified atom stereocenters. The van der Waals surface area contributed by atoms with Crippen molar-refractivity contribution in [2.45, 2.75) is 71.9 Å². The van der Waals surface area contributed by atoms with Gasteiger partial charge in [-0.15, -0.1) is 0 Å². The predicted molar refractivity (Wildman–Crippen MR) is 81.4 cm³/mol. The molecule has 1 saturated carbocycles. The molecule has 3 nitrogen and oxygen atoms in total. The number of carbonyl (C=O) groups is 1. The third-order valence-corrected chi connectivity index (χ3v) is 6.66. The second-order valence-corrected chi connectivity index (χ2v) is 8.17. The summed E-state index contributed by atoms with van der Waals surface area (Å²) in [4.78, 5) is 15.3. The van der Waals surface area contributed by atoms with Crippen LogP contribution in [0.4, 0.5) is 0 Å². The van der Waals surface area contributed by atoms with E-state index in [1.54, 1.807) is 0 Å². The molecular formula is C17H30N2O. The molecular weight excluding hydrogens is 248 g/mol. The summed E-state index contributed by atoms with van der Waals surface area (Å²) in [6.07, 6.45) is 6.17. The summed E-state index contributed by atoms with van der Waals surface area (Å²) in [5, 5.41) is 3.62. The van der Waals surface area contributed by atoms with E-state index in [9.17, 15) is 4.79 Å². The average molecular weight is 278 g/mol. The van der Waals surface area contributed by atoms with Crippen molar-refractivity contribution in [3.8, 4) is 0 Å². The zero-order valence-corrected chi connectivity index (χ0v) is 13.5. The Morgan fingerprint density at radius 3 is 2.30 bits per heavy atom. The second kappa shape index (κ2) is 4.72. The fourth-order valence-corrected chi connectivity index (χ4v) is 4.67. The van der Waals surface area contributed by atoms with E-state index in [1.165, 1.54) is 32.1 Å². The van der Waals surface area contributed by atoms with Crippen LogP contribution in [0.5, 0.6) is 0 Å². The molecule has 114 valence electrons. The van der Waals surface area contributed by atoms with Crippen molar-refractivity contribution in [1.82, 2.24) is 10.2 Å². The van der Waals surface area contributed by atoms with Crippen LogP contribution >= 0.6 is 0 Å². The summed E-state index contributed by atoms with van der Waals surface area (Å²) < 4.78 is 0. The highest BCUT2D eigenvalue weighted by molar-refractivity contribution is 5.84. The van der Waals surface area contributed by atoms with Gasteiger partial charge in [0, 0.05) is 24.5 Å². The van der Waals surface area contributed by atoms with Crippen LogP contribution in [0.2, 0.25) is 0 Å². The molecule has 3 heteroatoms. The third kappa shape index (κ3) is 2.01. The van der Waals surface area contributed by atoms with Crippen molar-refractivity contribution < 1.29 is 4.79 Å². The van der Waals surface area contributed by atoms with Crippen LogP contribution in [0.15, 0.2) is 0 Å². The molecule has 1 N–H and O–H groups in total. The van der Waals surface area contributed by atoms with Crippen molar-refractivity contribution in [2.24, 2.45) is 16.7 Å². The van der Waals surface area contributed by atoms with Crippen molar-refractivity contribution in [3.05, 3.63) is 0 Å². The summed E-state index contributed by atoms with van der Waals surface area (Å²) in [7, 11) is 0. The molecule has 2 aliphatic heterocycles. The Hall–Kier alpha value is -0.570. The van der Waals surface area contributed by atoms with Gasteiger partial charge < -0.3 is 10.2 Å². The summed E-state index contributed by atoms with van der Waals surface area (Å²) in [5.74, 6) is 0.649. The van der Waals surface area contributed by atoms with Crippen LogP contribution in [0, 0.1) is 16.7 Å². The van der Waals surface area contributed by atoms with E-state index in [0.717, 1.165) is 13.1 Å². The van der Waals surface area contributed by atoms with E-state index in [2.05, 4.69) is 37.9 Å². The smallest absolute Gasteiger partial charge is 0.227 e. The van der Waals surface area contributed by atoms with Gasteiger partial charge in [-0.3, -0.25) is 4.79 Å². The number of nitrogens with zero attached hydrogens (tertiary/aromatic N) is 1. The van der Waals surface area contributed by atoms with Crippen LogP contribution in [-0.2, 0) is 4.79 Å². The van der Waals surface area contributed by atoms with Gasteiger partial charge in [0.1, 0.15) is 0 Å². The highest BCUT2D eigenvalue weighted by atomic mass is 16.2. The Bertz CT molecular complexity index is 382. The minimum atomic E-state index is 0.162. The zero-order valence-electron chi connectivity index (χ0n) is 13.5. The van der Waals surface area contributed by atoms with Gasteiger partial charge in [0.15, 0.2) is 0 Å². The van der Waals surface area contributed by atoms with E-state index < -0.39 is 0 Å². The van der Waals surface area contributed by atoms with Crippen molar-refractivity contribution >= 4 is 5.91 Å². The average Bonchev–Trinajstić information content (AvgIpc) is 2.81. The zero-order chi connectivity index (χ0) is 14.5. The molecule has 2 heterocycles. The largest absolute Gasteiger partial charge is 0.338 e. The Kier molecular flexibility index (Phi) is 3.39. The highest BCUT2D eigenvalue weighted by Gasteiger charge is 2.69. The maximum absolute atomic E-state index is 13.1. The fourth-order valence-electron chi connectivity index (χ4n) is 4.67. The number of carbonyl (C=O) groups excluding carboxylic acids is 1. The van der Waals surface area contributed by atoms with Crippen LogP contribution in [0.3, 0.4) is 0 Å². The van der Waals surface area contributed by atoms with E-state index in [-0.39, 0.29) is 16.7 Å². The lowest BCUT2D eigenvalue weighted by Crippen LogP contribution is -2.53. The van der Waals surface area contributed by atoms with Crippen molar-refractivity contribution in [1.29, 1.82) is 0 Å². The van der Waals surface area contributed by atoms with Crippen LogP contribution in [0.25, 0.3) is 0 Å². The van der Waals surface area contributed by atoms with Gasteiger partial charge in [-0.1, -0.05) is 27.7 Å². The summed E-state index contributed by atoms with van der Waals surface area (Å²) >= 11 is 0. The fraction of sp³-hybridized carbons (Fsp3) is 0.941. The minimum Gasteiger partial charge on any atom is -0.338 e. The summed E-state index contributed by atoms with van der Waals surface area (Å²) in [6.45, 7) is 11.1. The molecule has 1 amide bonds. The monoisotopic (exact) mass is 278 g/mol. The molecule has 3 fully saturated rings. The Balaban J connectivity index is 1.75. The molecule has 0 bridgehead atoms. The first kappa shape index (κ1) is 14.4. The molecule has 0 aromatic rings. The maximum atomic E-state index is 13.1. The summed E-state index contributed by atoms with van der Waals surface area (Å²) in [5.41, 5.74) is 0.324. The Morgan fingerprint density at radius 2 is 1.75 bits per heavy atom. The van der Waals surface area contributed by atoms with Gasteiger partial charge in [0.2, 0.25) is 5.91 Å². The first-order valence-corrected chi connectivity index (χ1v) is 8.41. The number of rotatable bonds is 2. The standard InChI is InChI=1S/C17H30N2O/c1-16(2)14(17(16,3)4)15(20)19-11-6-5-9-13(19)12-8-7-10-18-12/h12-14,18H,5-11H2,1-4H3. The predicted octanol–water partition coefficient (Wildman–Crippen LogP) is 2.80. The number of nitrogens with one attached hydrogen (secondary N) is 1. The van der Waals surface area contributed by atoms with Gasteiger partial charge in [0.25, 0.3) is 0 Å². The SMILES string of the molecule is CC1(C)C(C(=O)N2CCCCC2C2CCCN2)C1(C)C. The second-order valence-electron chi connectivity index (χ2n) is 8.17. The summed E-state index contributed by atoms with van der Waals surface area (Å²) in [6, 6.07) is 0.996.